The Morgan fingerprint density at radius 3 is 1.11 bits per heavy atom. The number of hydrogen-bond acceptors (Lipinski definition) is 0. The van der Waals surface area contributed by atoms with Crippen LogP contribution in [0, 0.1) is 0 Å². The van der Waals surface area contributed by atoms with E-state index in [0.29, 0.717) is 0 Å². The van der Waals surface area contributed by atoms with Gasteiger partial charge in [0.25, 0.3) is 0 Å². The fourth-order valence-electron chi connectivity index (χ4n) is 5.89. The summed E-state index contributed by atoms with van der Waals surface area (Å²) in [5.74, 6) is 0. The molecule has 7 aromatic rings. The molecule has 0 fully saturated rings. The molecule has 0 amide bonds. The van der Waals surface area contributed by atoms with E-state index in [-0.39, 0.29) is 0 Å². The summed E-state index contributed by atoms with van der Waals surface area (Å²) in [7, 11) is -1.66. The van der Waals surface area contributed by atoms with Crippen LogP contribution in [0.3, 0.4) is 0 Å². The fraction of sp³-hybridized carbons (Fsp3) is 0. The highest BCUT2D eigenvalue weighted by Crippen LogP contribution is 2.43. The Kier molecular flexibility index (Phi) is 8.56. The van der Waals surface area contributed by atoms with E-state index in [1.807, 2.05) is 0 Å². The Hall–Kier alpha value is -4.60. The Morgan fingerprint density at radius 1 is 0.250 bits per heavy atom. The predicted molar refractivity (Wildman–Crippen MR) is 195 cm³/mol. The zero-order valence-corrected chi connectivity index (χ0v) is 26.2. The van der Waals surface area contributed by atoms with Crippen LogP contribution in [0.5, 0.6) is 0 Å². The lowest BCUT2D eigenvalue weighted by atomic mass is 9.98. The summed E-state index contributed by atoms with van der Waals surface area (Å²) in [5.41, 5.74) is 5.15. The first-order chi connectivity index (χ1) is 21.9. The summed E-state index contributed by atoms with van der Waals surface area (Å²) >= 11 is 0. The molecule has 0 heterocycles. The SMILES string of the molecule is c1ccc(-c2cccc(-c3ccccc3P(c3ccccc3)c3ccccc3)c2P(c2ccccc2)c2ccccc2)cc1. The van der Waals surface area contributed by atoms with E-state index in [2.05, 4.69) is 194 Å². The molecule has 0 aliphatic rings. The highest BCUT2D eigenvalue weighted by atomic mass is 31.1. The smallest absolute Gasteiger partial charge is 0.000617 e. The Labute approximate surface area is 263 Å². The van der Waals surface area contributed by atoms with Crippen LogP contribution in [0.4, 0.5) is 0 Å². The molecule has 2 heteroatoms. The molecule has 0 bridgehead atoms. The van der Waals surface area contributed by atoms with Crippen LogP contribution in [0.15, 0.2) is 194 Å². The normalized spacial score (nSPS) is 11.1. The van der Waals surface area contributed by atoms with Crippen LogP contribution in [0.25, 0.3) is 22.3 Å². The molecule has 0 radical (unpaired) electrons. The minimum atomic E-state index is -0.868. The molecule has 0 saturated heterocycles. The first kappa shape index (κ1) is 28.2. The van der Waals surface area contributed by atoms with Gasteiger partial charge in [0.1, 0.15) is 0 Å². The van der Waals surface area contributed by atoms with Crippen LogP contribution in [0.2, 0.25) is 0 Å². The average Bonchev–Trinajstić information content (AvgIpc) is 3.11. The molecular formula is C42H32P2. The lowest BCUT2D eigenvalue weighted by Crippen LogP contribution is -2.26. The second kappa shape index (κ2) is 13.4. The highest BCUT2D eigenvalue weighted by Gasteiger charge is 2.27. The Bertz CT molecular complexity index is 1860. The molecule has 0 spiro atoms. The molecule has 0 atom stereocenters. The van der Waals surface area contributed by atoms with Gasteiger partial charge in [0.15, 0.2) is 0 Å². The quantitative estimate of drug-likeness (QED) is 0.154. The van der Waals surface area contributed by atoms with Crippen molar-refractivity contribution in [2.24, 2.45) is 0 Å². The minimum absolute atomic E-state index is 0.787. The molecular weight excluding hydrogens is 566 g/mol. The maximum absolute atomic E-state index is 2.35. The van der Waals surface area contributed by atoms with Crippen molar-refractivity contribution >= 4 is 47.7 Å². The largest absolute Gasteiger partial charge is 0.0622 e. The lowest BCUT2D eigenvalue weighted by Gasteiger charge is -2.28. The number of benzene rings is 7. The maximum atomic E-state index is 2.35. The lowest BCUT2D eigenvalue weighted by molar-refractivity contribution is 1.63. The van der Waals surface area contributed by atoms with Gasteiger partial charge in [0.05, 0.1) is 0 Å². The molecule has 210 valence electrons. The summed E-state index contributed by atoms with van der Waals surface area (Å²) in [6, 6.07) is 71.1. The van der Waals surface area contributed by atoms with Crippen molar-refractivity contribution in [3.63, 3.8) is 0 Å². The van der Waals surface area contributed by atoms with Crippen molar-refractivity contribution < 1.29 is 0 Å². The van der Waals surface area contributed by atoms with Crippen molar-refractivity contribution in [1.29, 1.82) is 0 Å². The van der Waals surface area contributed by atoms with E-state index in [9.17, 15) is 0 Å². The third-order valence-electron chi connectivity index (χ3n) is 7.84. The van der Waals surface area contributed by atoms with Gasteiger partial charge in [-0.15, -0.1) is 0 Å². The second-order valence-corrected chi connectivity index (χ2v) is 14.9. The molecule has 0 saturated carbocycles. The molecule has 0 N–H and O–H groups in total. The van der Waals surface area contributed by atoms with Crippen LogP contribution in [0.1, 0.15) is 0 Å². The first-order valence-corrected chi connectivity index (χ1v) is 17.6. The molecule has 7 rings (SSSR count). The van der Waals surface area contributed by atoms with E-state index in [1.165, 1.54) is 54.1 Å². The van der Waals surface area contributed by atoms with Crippen molar-refractivity contribution in [2.75, 3.05) is 0 Å². The van der Waals surface area contributed by atoms with Gasteiger partial charge in [-0.1, -0.05) is 194 Å². The summed E-state index contributed by atoms with van der Waals surface area (Å²) in [5, 5.41) is 8.19. The maximum Gasteiger partial charge on any atom is 0.000617 e. The van der Waals surface area contributed by atoms with Gasteiger partial charge in [-0.3, -0.25) is 0 Å². The van der Waals surface area contributed by atoms with Gasteiger partial charge < -0.3 is 0 Å². The molecule has 0 aliphatic heterocycles. The van der Waals surface area contributed by atoms with E-state index in [1.54, 1.807) is 0 Å². The van der Waals surface area contributed by atoms with Gasteiger partial charge in [-0.25, -0.2) is 0 Å². The van der Waals surface area contributed by atoms with Crippen LogP contribution in [-0.2, 0) is 0 Å². The van der Waals surface area contributed by atoms with E-state index >= 15 is 0 Å². The summed E-state index contributed by atoms with van der Waals surface area (Å²) in [4.78, 5) is 0. The zero-order chi connectivity index (χ0) is 29.6. The van der Waals surface area contributed by atoms with Gasteiger partial charge in [0.2, 0.25) is 0 Å². The van der Waals surface area contributed by atoms with Gasteiger partial charge in [-0.2, -0.15) is 0 Å². The monoisotopic (exact) mass is 598 g/mol. The summed E-state index contributed by atoms with van der Waals surface area (Å²) < 4.78 is 0. The van der Waals surface area contributed by atoms with E-state index in [0.717, 1.165) is 0 Å². The van der Waals surface area contributed by atoms with Crippen molar-refractivity contribution in [3.8, 4) is 22.3 Å². The van der Waals surface area contributed by atoms with Gasteiger partial charge in [0, 0.05) is 5.30 Å². The topological polar surface area (TPSA) is 0 Å². The third-order valence-corrected chi connectivity index (χ3v) is 12.9. The predicted octanol–water partition coefficient (Wildman–Crippen LogP) is 8.54. The standard InChI is InChI=1S/C42H32P2/c1-6-19-33(20-7-1)38-30-18-31-40(42(38)44(36-25-12-4-13-26-36)37-27-14-5-15-28-37)39-29-16-17-32-41(39)43(34-21-8-2-9-22-34)35-23-10-3-11-24-35/h1-32H. The minimum Gasteiger partial charge on any atom is -0.0622 e. The highest BCUT2D eigenvalue weighted by molar-refractivity contribution is 7.81. The van der Waals surface area contributed by atoms with Crippen molar-refractivity contribution in [1.82, 2.24) is 0 Å². The summed E-state index contributed by atoms with van der Waals surface area (Å²) in [6.45, 7) is 0. The second-order valence-electron chi connectivity index (χ2n) is 10.6. The molecule has 44 heavy (non-hydrogen) atoms. The van der Waals surface area contributed by atoms with Crippen molar-refractivity contribution in [3.05, 3.63) is 194 Å². The summed E-state index contributed by atoms with van der Waals surface area (Å²) in [6.07, 6.45) is 0. The molecule has 0 unspecified atom stereocenters. The molecule has 0 nitrogen and oxygen atoms in total. The Morgan fingerprint density at radius 2 is 0.614 bits per heavy atom. The zero-order valence-electron chi connectivity index (χ0n) is 24.4. The van der Waals surface area contributed by atoms with E-state index in [4.69, 9.17) is 0 Å². The number of hydrogen-bond donors (Lipinski definition) is 0. The fourth-order valence-corrected chi connectivity index (χ4v) is 11.0. The van der Waals surface area contributed by atoms with Crippen LogP contribution >= 0.6 is 15.8 Å². The molecule has 7 aromatic carbocycles. The van der Waals surface area contributed by atoms with E-state index < -0.39 is 15.8 Å². The first-order valence-electron chi connectivity index (χ1n) is 15.0. The average molecular weight is 599 g/mol. The molecule has 0 aliphatic carbocycles. The third kappa shape index (κ3) is 5.80. The van der Waals surface area contributed by atoms with Crippen LogP contribution in [-0.4, -0.2) is 0 Å². The van der Waals surface area contributed by atoms with Gasteiger partial charge in [-0.05, 0) is 64.6 Å². The van der Waals surface area contributed by atoms with Crippen LogP contribution < -0.4 is 31.8 Å². The molecule has 0 aromatic heterocycles. The van der Waals surface area contributed by atoms with Crippen molar-refractivity contribution in [2.45, 2.75) is 0 Å². The van der Waals surface area contributed by atoms with Gasteiger partial charge >= 0.3 is 0 Å². The number of rotatable bonds is 8. The Balaban J connectivity index is 1.54.